The van der Waals surface area contributed by atoms with E-state index in [0.717, 1.165) is 18.2 Å². The molecule has 0 amide bonds. The van der Waals surface area contributed by atoms with Gasteiger partial charge in [0.15, 0.2) is 0 Å². The van der Waals surface area contributed by atoms with Crippen molar-refractivity contribution in [2.75, 3.05) is 20.2 Å². The quantitative estimate of drug-likeness (QED) is 0.832. The van der Waals surface area contributed by atoms with Gasteiger partial charge < -0.3 is 4.74 Å². The van der Waals surface area contributed by atoms with Crippen LogP contribution < -0.4 is 4.74 Å². The second kappa shape index (κ2) is 6.01. The first-order valence-electron chi connectivity index (χ1n) is 8.72. The number of benzene rings is 2. The smallest absolute Gasteiger partial charge is 0.122 e. The second-order valence-corrected chi connectivity index (χ2v) is 6.98. The lowest BCUT2D eigenvalue weighted by molar-refractivity contribution is 0.250. The number of methoxy groups -OCH3 is 1. The van der Waals surface area contributed by atoms with Gasteiger partial charge in [-0.25, -0.2) is 0 Å². The summed E-state index contributed by atoms with van der Waals surface area (Å²) in [5.41, 5.74) is 4.40. The Hall–Kier alpha value is -1.80. The molecule has 1 saturated heterocycles. The summed E-state index contributed by atoms with van der Waals surface area (Å²) in [6, 6.07) is 17.9. The third-order valence-electron chi connectivity index (χ3n) is 5.83. The Bertz CT molecular complexity index is 667. The minimum Gasteiger partial charge on any atom is -0.496 e. The molecule has 2 nitrogen and oxygen atoms in total. The first kappa shape index (κ1) is 14.8. The molecule has 1 fully saturated rings. The van der Waals surface area contributed by atoms with E-state index in [4.69, 9.17) is 4.74 Å². The average Bonchev–Trinajstić information content (AvgIpc) is 3.05. The van der Waals surface area contributed by atoms with Gasteiger partial charge in [-0.3, -0.25) is 4.90 Å². The molecular weight excluding hydrogens is 282 g/mol. The summed E-state index contributed by atoms with van der Waals surface area (Å²) in [7, 11) is 1.80. The monoisotopic (exact) mass is 307 g/mol. The highest BCUT2D eigenvalue weighted by Gasteiger charge is 2.40. The van der Waals surface area contributed by atoms with E-state index in [1.807, 2.05) is 0 Å². The van der Waals surface area contributed by atoms with E-state index in [0.29, 0.717) is 12.0 Å². The minimum absolute atomic E-state index is 0.486. The molecule has 0 N–H and O–H groups in total. The first-order chi connectivity index (χ1) is 11.3. The molecule has 0 radical (unpaired) electrons. The lowest BCUT2D eigenvalue weighted by atomic mass is 9.76. The number of hydrogen-bond acceptors (Lipinski definition) is 2. The van der Waals surface area contributed by atoms with Gasteiger partial charge in [-0.1, -0.05) is 42.5 Å². The van der Waals surface area contributed by atoms with E-state index in [1.165, 1.54) is 36.1 Å². The molecule has 0 aromatic heterocycles. The van der Waals surface area contributed by atoms with Gasteiger partial charge in [0, 0.05) is 30.6 Å². The van der Waals surface area contributed by atoms with Crippen LogP contribution in [-0.4, -0.2) is 25.1 Å². The fourth-order valence-corrected chi connectivity index (χ4v) is 4.53. The van der Waals surface area contributed by atoms with Crippen LogP contribution in [0.5, 0.6) is 5.75 Å². The maximum Gasteiger partial charge on any atom is 0.122 e. The number of ether oxygens (including phenoxy) is 1. The van der Waals surface area contributed by atoms with Gasteiger partial charge >= 0.3 is 0 Å². The largest absolute Gasteiger partial charge is 0.496 e. The van der Waals surface area contributed by atoms with Gasteiger partial charge in [0.1, 0.15) is 5.75 Å². The van der Waals surface area contributed by atoms with Crippen molar-refractivity contribution in [3.05, 3.63) is 65.2 Å². The van der Waals surface area contributed by atoms with Crippen LogP contribution in [0.15, 0.2) is 48.5 Å². The Morgan fingerprint density at radius 1 is 1.04 bits per heavy atom. The van der Waals surface area contributed by atoms with E-state index in [2.05, 4.69) is 60.4 Å². The SMILES string of the molecule is COc1cccc2c1C1CN([C@@H](C)c3ccccc3)CC1CC2. The van der Waals surface area contributed by atoms with Crippen LogP contribution in [0.25, 0.3) is 0 Å². The van der Waals surface area contributed by atoms with Crippen molar-refractivity contribution in [2.24, 2.45) is 5.92 Å². The lowest BCUT2D eigenvalue weighted by Gasteiger charge is -2.29. The van der Waals surface area contributed by atoms with E-state index in [1.54, 1.807) is 7.11 Å². The summed E-state index contributed by atoms with van der Waals surface area (Å²) in [6.45, 7) is 4.70. The molecule has 2 heteroatoms. The molecule has 120 valence electrons. The third-order valence-corrected chi connectivity index (χ3v) is 5.83. The van der Waals surface area contributed by atoms with Gasteiger partial charge in [0.05, 0.1) is 7.11 Å². The molecule has 2 unspecified atom stereocenters. The maximum atomic E-state index is 5.68. The molecule has 0 bridgehead atoms. The molecule has 0 saturated carbocycles. The zero-order valence-corrected chi connectivity index (χ0v) is 14.0. The van der Waals surface area contributed by atoms with E-state index < -0.39 is 0 Å². The fourth-order valence-electron chi connectivity index (χ4n) is 4.53. The molecule has 3 atom stereocenters. The van der Waals surface area contributed by atoms with Gasteiger partial charge in [0.2, 0.25) is 0 Å². The molecule has 4 rings (SSSR count). The van der Waals surface area contributed by atoms with Crippen molar-refractivity contribution < 1.29 is 4.74 Å². The zero-order chi connectivity index (χ0) is 15.8. The van der Waals surface area contributed by atoms with Gasteiger partial charge in [-0.2, -0.15) is 0 Å². The number of likely N-dealkylation sites (tertiary alicyclic amines) is 1. The normalized spacial score (nSPS) is 24.8. The minimum atomic E-state index is 0.486. The summed E-state index contributed by atoms with van der Waals surface area (Å²) in [4.78, 5) is 2.66. The Balaban J connectivity index is 1.62. The summed E-state index contributed by atoms with van der Waals surface area (Å²) < 4.78 is 5.68. The highest BCUT2D eigenvalue weighted by molar-refractivity contribution is 5.46. The first-order valence-corrected chi connectivity index (χ1v) is 8.72. The van der Waals surface area contributed by atoms with E-state index in [-0.39, 0.29) is 0 Å². The molecule has 0 spiro atoms. The van der Waals surface area contributed by atoms with Crippen LogP contribution >= 0.6 is 0 Å². The predicted molar refractivity (Wildman–Crippen MR) is 94.0 cm³/mol. The highest BCUT2D eigenvalue weighted by Crippen LogP contribution is 2.46. The van der Waals surface area contributed by atoms with Crippen LogP contribution in [-0.2, 0) is 6.42 Å². The zero-order valence-electron chi connectivity index (χ0n) is 14.0. The number of fused-ring (bicyclic) bond motifs is 3. The van der Waals surface area contributed by atoms with Crippen LogP contribution in [0.4, 0.5) is 0 Å². The Morgan fingerprint density at radius 3 is 2.65 bits per heavy atom. The van der Waals surface area contributed by atoms with Crippen LogP contribution in [0, 0.1) is 5.92 Å². The summed E-state index contributed by atoms with van der Waals surface area (Å²) in [5, 5.41) is 0. The highest BCUT2D eigenvalue weighted by atomic mass is 16.5. The van der Waals surface area contributed by atoms with Crippen molar-refractivity contribution in [1.29, 1.82) is 0 Å². The number of hydrogen-bond donors (Lipinski definition) is 0. The average molecular weight is 307 g/mol. The number of nitrogens with zero attached hydrogens (tertiary/aromatic N) is 1. The molecule has 1 aliphatic carbocycles. The third kappa shape index (κ3) is 2.55. The van der Waals surface area contributed by atoms with Crippen molar-refractivity contribution >= 4 is 0 Å². The molecule has 2 aromatic rings. The van der Waals surface area contributed by atoms with Crippen LogP contribution in [0.3, 0.4) is 0 Å². The molecular formula is C21H25NO. The molecule has 2 aromatic carbocycles. The number of aryl methyl sites for hydroxylation is 1. The Labute approximate surface area is 139 Å². The van der Waals surface area contributed by atoms with E-state index in [9.17, 15) is 0 Å². The predicted octanol–water partition coefficient (Wildman–Crippen LogP) is 4.42. The van der Waals surface area contributed by atoms with E-state index >= 15 is 0 Å². The maximum absolute atomic E-state index is 5.68. The Morgan fingerprint density at radius 2 is 1.87 bits per heavy atom. The topological polar surface area (TPSA) is 12.5 Å². The molecule has 1 heterocycles. The van der Waals surface area contributed by atoms with Gasteiger partial charge in [0.25, 0.3) is 0 Å². The van der Waals surface area contributed by atoms with Crippen molar-refractivity contribution in [2.45, 2.75) is 31.7 Å². The fraction of sp³-hybridized carbons (Fsp3) is 0.429. The van der Waals surface area contributed by atoms with Crippen LogP contribution in [0.2, 0.25) is 0 Å². The Kier molecular flexibility index (Phi) is 3.86. The molecule has 2 aliphatic rings. The van der Waals surface area contributed by atoms with Gasteiger partial charge in [-0.15, -0.1) is 0 Å². The van der Waals surface area contributed by atoms with Crippen molar-refractivity contribution in [3.63, 3.8) is 0 Å². The second-order valence-electron chi connectivity index (χ2n) is 6.98. The summed E-state index contributed by atoms with van der Waals surface area (Å²) >= 11 is 0. The molecule has 23 heavy (non-hydrogen) atoms. The summed E-state index contributed by atoms with van der Waals surface area (Å²) in [5.74, 6) is 2.48. The van der Waals surface area contributed by atoms with Crippen LogP contribution in [0.1, 0.15) is 42.0 Å². The van der Waals surface area contributed by atoms with Crippen molar-refractivity contribution in [1.82, 2.24) is 4.90 Å². The van der Waals surface area contributed by atoms with Crippen molar-refractivity contribution in [3.8, 4) is 5.75 Å². The molecule has 1 aliphatic heterocycles. The number of rotatable bonds is 3. The summed E-state index contributed by atoms with van der Waals surface area (Å²) in [6.07, 6.45) is 2.50. The lowest BCUT2D eigenvalue weighted by Crippen LogP contribution is -2.24. The standard InChI is InChI=1S/C21H25NO/c1-15(16-7-4-3-5-8-16)22-13-18-12-11-17-9-6-10-20(23-2)21(17)19(18)14-22/h3-10,15,18-19H,11-14H2,1-2H3/t15-,18?,19?/m0/s1. The van der Waals surface area contributed by atoms with Gasteiger partial charge in [-0.05, 0) is 42.9 Å².